The van der Waals surface area contributed by atoms with Gasteiger partial charge < -0.3 is 5.11 Å². The first-order valence-corrected chi connectivity index (χ1v) is 7.51. The zero-order chi connectivity index (χ0) is 16.8. The molecule has 2 amide bonds. The van der Waals surface area contributed by atoms with Crippen LogP contribution in [0.2, 0.25) is 0 Å². The number of carbonyl (C=O) groups is 3. The van der Waals surface area contributed by atoms with Crippen LogP contribution in [0.5, 0.6) is 0 Å². The average Bonchev–Trinajstić information content (AvgIpc) is 2.55. The van der Waals surface area contributed by atoms with Crippen LogP contribution in [0.1, 0.15) is 31.2 Å². The predicted octanol–water partition coefficient (Wildman–Crippen LogP) is 1.41. The van der Waals surface area contributed by atoms with Crippen LogP contribution >= 0.6 is 0 Å². The number of aliphatic carboxylic acids is 1. The molecule has 2 rings (SSSR count). The lowest BCUT2D eigenvalue weighted by Gasteiger charge is -2.25. The molecule has 124 valence electrons. The van der Waals surface area contributed by atoms with Crippen LogP contribution in [-0.2, 0) is 20.8 Å². The minimum atomic E-state index is -0.823. The zero-order valence-corrected chi connectivity index (χ0v) is 12.5. The molecule has 7 heteroatoms. The summed E-state index contributed by atoms with van der Waals surface area (Å²) in [4.78, 5) is 34.5. The molecule has 0 saturated heterocycles. The first-order chi connectivity index (χ1) is 11.0. The van der Waals surface area contributed by atoms with E-state index in [2.05, 4.69) is 10.9 Å². The number of rotatable bonds is 4. The molecule has 0 unspecified atom stereocenters. The van der Waals surface area contributed by atoms with E-state index in [1.807, 2.05) is 0 Å². The lowest BCUT2D eigenvalue weighted by Crippen LogP contribution is -2.46. The molecule has 1 aromatic carbocycles. The van der Waals surface area contributed by atoms with Gasteiger partial charge in [-0.05, 0) is 43.4 Å². The Morgan fingerprint density at radius 2 is 1.57 bits per heavy atom. The molecule has 23 heavy (non-hydrogen) atoms. The molecule has 1 fully saturated rings. The summed E-state index contributed by atoms with van der Waals surface area (Å²) in [6.45, 7) is 0. The summed E-state index contributed by atoms with van der Waals surface area (Å²) in [5.41, 5.74) is 5.34. The zero-order valence-electron chi connectivity index (χ0n) is 12.5. The molecule has 1 aliphatic rings. The fraction of sp³-hybridized carbons (Fsp3) is 0.438. The van der Waals surface area contributed by atoms with Crippen molar-refractivity contribution >= 4 is 17.8 Å². The number of nitrogens with one attached hydrogen (secondary N) is 2. The fourth-order valence-corrected chi connectivity index (χ4v) is 2.67. The molecule has 6 nitrogen and oxygen atoms in total. The van der Waals surface area contributed by atoms with Gasteiger partial charge in [-0.25, -0.2) is 4.39 Å². The van der Waals surface area contributed by atoms with E-state index < -0.39 is 11.9 Å². The summed E-state index contributed by atoms with van der Waals surface area (Å²) in [6, 6.07) is 5.54. The second-order valence-electron chi connectivity index (χ2n) is 5.73. The Balaban J connectivity index is 1.73. The minimum Gasteiger partial charge on any atom is -0.481 e. The van der Waals surface area contributed by atoms with Crippen LogP contribution in [0.15, 0.2) is 24.3 Å². The Hall–Kier alpha value is -2.44. The smallest absolute Gasteiger partial charge is 0.306 e. The van der Waals surface area contributed by atoms with Crippen molar-refractivity contribution in [1.29, 1.82) is 0 Å². The lowest BCUT2D eigenvalue weighted by atomic mass is 9.82. The fourth-order valence-electron chi connectivity index (χ4n) is 2.67. The third-order valence-corrected chi connectivity index (χ3v) is 4.05. The Morgan fingerprint density at radius 3 is 2.13 bits per heavy atom. The molecule has 0 atom stereocenters. The highest BCUT2D eigenvalue weighted by atomic mass is 19.1. The van der Waals surface area contributed by atoms with Crippen LogP contribution in [0.25, 0.3) is 0 Å². The van der Waals surface area contributed by atoms with E-state index in [1.165, 1.54) is 24.3 Å². The predicted molar refractivity (Wildman–Crippen MR) is 79.5 cm³/mol. The summed E-state index contributed by atoms with van der Waals surface area (Å²) >= 11 is 0. The number of halogens is 1. The van der Waals surface area contributed by atoms with Crippen molar-refractivity contribution in [1.82, 2.24) is 10.9 Å². The molecule has 0 bridgehead atoms. The number of carboxylic acid groups (broad SMARTS) is 1. The normalized spacial score (nSPS) is 20.6. The maximum atomic E-state index is 12.8. The highest BCUT2D eigenvalue weighted by Gasteiger charge is 2.29. The van der Waals surface area contributed by atoms with Gasteiger partial charge >= 0.3 is 5.97 Å². The van der Waals surface area contributed by atoms with Crippen LogP contribution < -0.4 is 10.9 Å². The minimum absolute atomic E-state index is 0.0340. The maximum absolute atomic E-state index is 12.8. The standard InChI is InChI=1S/C16H19FN2O4/c17-13-7-1-10(2-8-13)9-14(20)18-19-15(21)11-3-5-12(6-4-11)16(22)23/h1-2,7-8,11-12H,3-6,9H2,(H,18,20)(H,19,21)(H,22,23). The quantitative estimate of drug-likeness (QED) is 0.730. The number of amides is 2. The Labute approximate surface area is 133 Å². The van der Waals surface area contributed by atoms with Crippen molar-refractivity contribution in [3.8, 4) is 0 Å². The van der Waals surface area contributed by atoms with Crippen molar-refractivity contribution in [3.05, 3.63) is 35.6 Å². The van der Waals surface area contributed by atoms with Crippen molar-refractivity contribution < 1.29 is 23.9 Å². The summed E-state index contributed by atoms with van der Waals surface area (Å²) in [5.74, 6) is -2.56. The van der Waals surface area contributed by atoms with E-state index in [4.69, 9.17) is 5.11 Å². The number of carbonyl (C=O) groups excluding carboxylic acids is 2. The third kappa shape index (κ3) is 5.05. The number of benzene rings is 1. The van der Waals surface area contributed by atoms with Gasteiger partial charge in [-0.1, -0.05) is 12.1 Å². The Morgan fingerprint density at radius 1 is 1.00 bits per heavy atom. The maximum Gasteiger partial charge on any atom is 0.306 e. The van der Waals surface area contributed by atoms with Gasteiger partial charge in [0, 0.05) is 5.92 Å². The second kappa shape index (κ2) is 7.71. The highest BCUT2D eigenvalue weighted by Crippen LogP contribution is 2.28. The molecule has 1 aliphatic carbocycles. The van der Waals surface area contributed by atoms with Crippen molar-refractivity contribution in [2.24, 2.45) is 11.8 Å². The number of carboxylic acids is 1. The average molecular weight is 322 g/mol. The molecule has 0 heterocycles. The van der Waals surface area contributed by atoms with Gasteiger partial charge in [-0.3, -0.25) is 25.2 Å². The highest BCUT2D eigenvalue weighted by molar-refractivity contribution is 5.84. The van der Waals surface area contributed by atoms with Gasteiger partial charge in [0.25, 0.3) is 0 Å². The molecule has 0 aromatic heterocycles. The number of hydrogen-bond acceptors (Lipinski definition) is 3. The van der Waals surface area contributed by atoms with E-state index in [0.717, 1.165) is 0 Å². The molecule has 0 spiro atoms. The van der Waals surface area contributed by atoms with Crippen LogP contribution in [0.3, 0.4) is 0 Å². The van der Waals surface area contributed by atoms with Crippen molar-refractivity contribution in [2.75, 3.05) is 0 Å². The van der Waals surface area contributed by atoms with Gasteiger partial charge in [0.1, 0.15) is 5.82 Å². The number of hydrazine groups is 1. The molecule has 1 saturated carbocycles. The van der Waals surface area contributed by atoms with E-state index in [9.17, 15) is 18.8 Å². The van der Waals surface area contributed by atoms with E-state index in [1.54, 1.807) is 0 Å². The summed E-state index contributed by atoms with van der Waals surface area (Å²) < 4.78 is 12.8. The first kappa shape index (κ1) is 16.9. The van der Waals surface area contributed by atoms with Crippen LogP contribution in [0, 0.1) is 17.7 Å². The molecular weight excluding hydrogens is 303 g/mol. The molecule has 0 aliphatic heterocycles. The summed E-state index contributed by atoms with van der Waals surface area (Å²) in [5, 5.41) is 8.92. The van der Waals surface area contributed by atoms with Gasteiger partial charge in [0.2, 0.25) is 11.8 Å². The van der Waals surface area contributed by atoms with Gasteiger partial charge in [-0.2, -0.15) is 0 Å². The van der Waals surface area contributed by atoms with Crippen LogP contribution in [-0.4, -0.2) is 22.9 Å². The molecule has 3 N–H and O–H groups in total. The van der Waals surface area contributed by atoms with E-state index in [0.29, 0.717) is 31.2 Å². The van der Waals surface area contributed by atoms with Crippen molar-refractivity contribution in [3.63, 3.8) is 0 Å². The van der Waals surface area contributed by atoms with Gasteiger partial charge in [-0.15, -0.1) is 0 Å². The molecule has 1 aromatic rings. The van der Waals surface area contributed by atoms with Gasteiger partial charge in [0.05, 0.1) is 12.3 Å². The lowest BCUT2D eigenvalue weighted by molar-refractivity contribution is -0.144. The Kier molecular flexibility index (Phi) is 5.67. The first-order valence-electron chi connectivity index (χ1n) is 7.51. The van der Waals surface area contributed by atoms with Crippen molar-refractivity contribution in [2.45, 2.75) is 32.1 Å². The summed E-state index contributed by atoms with van der Waals surface area (Å²) in [6.07, 6.45) is 1.97. The van der Waals surface area contributed by atoms with E-state index >= 15 is 0 Å². The van der Waals surface area contributed by atoms with Gasteiger partial charge in [0.15, 0.2) is 0 Å². The molecule has 0 radical (unpaired) electrons. The number of hydrogen-bond donors (Lipinski definition) is 3. The third-order valence-electron chi connectivity index (χ3n) is 4.05. The Bertz CT molecular complexity index is 580. The monoisotopic (exact) mass is 322 g/mol. The SMILES string of the molecule is O=C(Cc1ccc(F)cc1)NNC(=O)C1CCC(C(=O)O)CC1. The van der Waals surface area contributed by atoms with E-state index in [-0.39, 0.29) is 30.0 Å². The largest absolute Gasteiger partial charge is 0.481 e. The second-order valence-corrected chi connectivity index (χ2v) is 5.73. The molecular formula is C16H19FN2O4. The van der Waals surface area contributed by atoms with Crippen LogP contribution in [0.4, 0.5) is 4.39 Å². The topological polar surface area (TPSA) is 95.5 Å². The summed E-state index contributed by atoms with van der Waals surface area (Å²) in [7, 11) is 0.